The number of nitrogens with one attached hydrogen (secondary N) is 2. The van der Waals surface area contributed by atoms with Gasteiger partial charge in [0, 0.05) is 19.2 Å². The summed E-state index contributed by atoms with van der Waals surface area (Å²) in [5.74, 6) is -2.80. The summed E-state index contributed by atoms with van der Waals surface area (Å²) >= 11 is 0. The molecule has 0 aliphatic carbocycles. The molecule has 0 bridgehead atoms. The maximum Gasteiger partial charge on any atom is 0.240 e. The summed E-state index contributed by atoms with van der Waals surface area (Å²) in [5.41, 5.74) is 0.606. The fraction of sp³-hybridized carbons (Fsp3) is 0.188. The van der Waals surface area contributed by atoms with Crippen molar-refractivity contribution in [1.82, 2.24) is 10.0 Å². The number of hydrogen-bond acceptors (Lipinski definition) is 3. The van der Waals surface area contributed by atoms with Gasteiger partial charge in [0.1, 0.15) is 17.5 Å². The maximum absolute atomic E-state index is 13.1. The van der Waals surface area contributed by atoms with Crippen LogP contribution < -0.4 is 10.0 Å². The third-order valence-corrected chi connectivity index (χ3v) is 4.60. The Balaban J connectivity index is 1.81. The van der Waals surface area contributed by atoms with Gasteiger partial charge in [0.05, 0.1) is 11.3 Å². The van der Waals surface area contributed by atoms with E-state index in [9.17, 15) is 26.4 Å². The van der Waals surface area contributed by atoms with Gasteiger partial charge in [-0.05, 0) is 29.8 Å². The number of amides is 1. The van der Waals surface area contributed by atoms with E-state index in [0.29, 0.717) is 23.8 Å². The summed E-state index contributed by atoms with van der Waals surface area (Å²) in [6, 6.07) is 7.35. The number of benzene rings is 2. The van der Waals surface area contributed by atoms with Crippen molar-refractivity contribution in [2.75, 3.05) is 13.1 Å². The van der Waals surface area contributed by atoms with Crippen LogP contribution in [0.2, 0.25) is 0 Å². The van der Waals surface area contributed by atoms with Gasteiger partial charge < -0.3 is 5.32 Å². The molecule has 0 atom stereocenters. The van der Waals surface area contributed by atoms with Crippen LogP contribution in [0.15, 0.2) is 47.4 Å². The fourth-order valence-corrected chi connectivity index (χ4v) is 3.08. The zero-order chi connectivity index (χ0) is 18.4. The smallest absolute Gasteiger partial charge is 0.240 e. The molecule has 2 aromatic carbocycles. The highest BCUT2D eigenvalue weighted by Crippen LogP contribution is 2.13. The zero-order valence-electron chi connectivity index (χ0n) is 12.9. The van der Waals surface area contributed by atoms with Crippen molar-refractivity contribution in [3.63, 3.8) is 0 Å². The van der Waals surface area contributed by atoms with Gasteiger partial charge >= 0.3 is 0 Å². The van der Waals surface area contributed by atoms with E-state index in [-0.39, 0.29) is 25.4 Å². The average Bonchev–Trinajstić information content (AvgIpc) is 2.53. The molecule has 0 unspecified atom stereocenters. The monoisotopic (exact) mass is 372 g/mol. The molecule has 0 aliphatic heterocycles. The van der Waals surface area contributed by atoms with Gasteiger partial charge in [0.2, 0.25) is 15.9 Å². The van der Waals surface area contributed by atoms with Gasteiger partial charge in [-0.1, -0.05) is 12.1 Å². The highest BCUT2D eigenvalue weighted by molar-refractivity contribution is 7.89. The second-order valence-electron chi connectivity index (χ2n) is 5.16. The number of halogens is 3. The van der Waals surface area contributed by atoms with Gasteiger partial charge in [0.25, 0.3) is 0 Å². The number of carbonyl (C=O) groups is 1. The molecule has 0 aliphatic rings. The molecule has 9 heteroatoms. The van der Waals surface area contributed by atoms with Crippen LogP contribution in [-0.4, -0.2) is 27.4 Å². The van der Waals surface area contributed by atoms with Crippen molar-refractivity contribution in [1.29, 1.82) is 0 Å². The predicted octanol–water partition coefficient (Wildman–Crippen LogP) is 1.74. The van der Waals surface area contributed by atoms with Gasteiger partial charge in [-0.15, -0.1) is 0 Å². The summed E-state index contributed by atoms with van der Waals surface area (Å²) in [7, 11) is -4.09. The molecule has 0 radical (unpaired) electrons. The predicted molar refractivity (Wildman–Crippen MR) is 84.7 cm³/mol. The first-order chi connectivity index (χ1) is 11.8. The highest BCUT2D eigenvalue weighted by atomic mass is 32.2. The summed E-state index contributed by atoms with van der Waals surface area (Å²) < 4.78 is 64.9. The van der Waals surface area contributed by atoms with E-state index in [2.05, 4.69) is 10.0 Å². The summed E-state index contributed by atoms with van der Waals surface area (Å²) in [6.45, 7) is -0.174. The molecular formula is C16H15F3N2O3S. The molecule has 0 heterocycles. The van der Waals surface area contributed by atoms with Crippen molar-refractivity contribution < 1.29 is 26.4 Å². The van der Waals surface area contributed by atoms with Gasteiger partial charge in [-0.2, -0.15) is 0 Å². The zero-order valence-corrected chi connectivity index (χ0v) is 13.7. The molecule has 2 aromatic rings. The van der Waals surface area contributed by atoms with E-state index in [0.717, 1.165) is 0 Å². The van der Waals surface area contributed by atoms with Crippen LogP contribution in [0.5, 0.6) is 0 Å². The van der Waals surface area contributed by atoms with Crippen LogP contribution >= 0.6 is 0 Å². The van der Waals surface area contributed by atoms with E-state index < -0.39 is 32.4 Å². The Hall–Kier alpha value is -2.39. The minimum absolute atomic E-state index is 0.0160. The van der Waals surface area contributed by atoms with E-state index in [4.69, 9.17) is 0 Å². The maximum atomic E-state index is 13.1. The number of hydrogen-bond donors (Lipinski definition) is 2. The van der Waals surface area contributed by atoms with E-state index in [1.165, 1.54) is 24.3 Å². The first-order valence-corrected chi connectivity index (χ1v) is 8.71. The normalized spacial score (nSPS) is 11.3. The van der Waals surface area contributed by atoms with Crippen molar-refractivity contribution in [3.05, 3.63) is 65.5 Å². The lowest BCUT2D eigenvalue weighted by atomic mass is 10.1. The quantitative estimate of drug-likeness (QED) is 0.727. The van der Waals surface area contributed by atoms with E-state index >= 15 is 0 Å². The topological polar surface area (TPSA) is 75.3 Å². The Kier molecular flexibility index (Phi) is 6.16. The Morgan fingerprint density at radius 3 is 2.08 bits per heavy atom. The first kappa shape index (κ1) is 18.9. The Morgan fingerprint density at radius 2 is 1.48 bits per heavy atom. The van der Waals surface area contributed by atoms with Crippen LogP contribution in [0.1, 0.15) is 5.56 Å². The van der Waals surface area contributed by atoms with Crippen LogP contribution in [0.3, 0.4) is 0 Å². The van der Waals surface area contributed by atoms with E-state index in [1.54, 1.807) is 0 Å². The Bertz CT molecular complexity index is 835. The lowest BCUT2D eigenvalue weighted by molar-refractivity contribution is -0.120. The van der Waals surface area contributed by atoms with Gasteiger partial charge in [0.15, 0.2) is 0 Å². The van der Waals surface area contributed by atoms with Crippen molar-refractivity contribution in [2.45, 2.75) is 11.3 Å². The molecule has 25 heavy (non-hydrogen) atoms. The number of carbonyl (C=O) groups excluding carboxylic acids is 1. The first-order valence-electron chi connectivity index (χ1n) is 7.23. The average molecular weight is 372 g/mol. The Labute approximate surface area is 142 Å². The van der Waals surface area contributed by atoms with Crippen LogP contribution in [0, 0.1) is 17.5 Å². The number of rotatable bonds is 7. The molecule has 1 amide bonds. The molecule has 0 aromatic heterocycles. The fourth-order valence-electron chi connectivity index (χ4n) is 2.00. The van der Waals surface area contributed by atoms with Crippen LogP contribution in [-0.2, 0) is 21.2 Å². The molecule has 0 saturated carbocycles. The molecule has 2 rings (SSSR count). The van der Waals surface area contributed by atoms with Crippen LogP contribution in [0.4, 0.5) is 13.2 Å². The third kappa shape index (κ3) is 5.87. The SMILES string of the molecule is O=C(Cc1ccc(F)cc1)NCCNS(=O)(=O)c1cc(F)cc(F)c1. The van der Waals surface area contributed by atoms with Crippen LogP contribution in [0.25, 0.3) is 0 Å². The molecule has 0 fully saturated rings. The van der Waals surface area contributed by atoms with Gasteiger partial charge in [-0.25, -0.2) is 26.3 Å². The third-order valence-electron chi connectivity index (χ3n) is 3.16. The lowest BCUT2D eigenvalue weighted by Gasteiger charge is -2.08. The Morgan fingerprint density at radius 1 is 0.880 bits per heavy atom. The largest absolute Gasteiger partial charge is 0.355 e. The number of sulfonamides is 1. The van der Waals surface area contributed by atoms with Crippen molar-refractivity contribution in [2.24, 2.45) is 0 Å². The molecule has 0 spiro atoms. The van der Waals surface area contributed by atoms with Gasteiger partial charge in [-0.3, -0.25) is 4.79 Å². The molecule has 0 saturated heterocycles. The minimum Gasteiger partial charge on any atom is -0.355 e. The molecule has 5 nitrogen and oxygen atoms in total. The lowest BCUT2D eigenvalue weighted by Crippen LogP contribution is -2.35. The summed E-state index contributed by atoms with van der Waals surface area (Å²) in [6.07, 6.45) is 0.0160. The molecule has 2 N–H and O–H groups in total. The highest BCUT2D eigenvalue weighted by Gasteiger charge is 2.16. The standard InChI is InChI=1S/C16H15F3N2O3S/c17-12-3-1-11(2-4-12)7-16(22)20-5-6-21-25(23,24)15-9-13(18)8-14(19)10-15/h1-4,8-10,21H,5-7H2,(H,20,22). The van der Waals surface area contributed by atoms with E-state index in [1.807, 2.05) is 0 Å². The van der Waals surface area contributed by atoms with Crippen molar-refractivity contribution in [3.8, 4) is 0 Å². The second kappa shape index (κ2) is 8.13. The van der Waals surface area contributed by atoms with Crippen molar-refractivity contribution >= 4 is 15.9 Å². The molecular weight excluding hydrogens is 357 g/mol. The second-order valence-corrected chi connectivity index (χ2v) is 6.92. The minimum atomic E-state index is -4.09. The molecule has 134 valence electrons. The summed E-state index contributed by atoms with van der Waals surface area (Å²) in [5, 5.41) is 2.48. The summed E-state index contributed by atoms with van der Waals surface area (Å²) in [4.78, 5) is 11.2.